The standard InChI is InChI=1S/C25H43NO6S.Na/c1-15(12-22(29)26-10-11-33(30,31)32)18-4-5-19-23-20(7-9-25(18,19)3)24(2)8-6-17(27)13-16(24)14-21(23)28;/h15-21,23,27-28H,4-14H2,1-3H3,(H,26,29)(H,30,31,32);/q;+1/p-1/t15-,16+,17-,18-,19+,20+,21+,23+,24+,25-;/m1./s1. The molecule has 0 spiro atoms. The van der Waals surface area contributed by atoms with Crippen LogP contribution in [0.3, 0.4) is 0 Å². The second kappa shape index (κ2) is 10.6. The summed E-state index contributed by atoms with van der Waals surface area (Å²) < 4.78 is 32.3. The van der Waals surface area contributed by atoms with Gasteiger partial charge in [-0.1, -0.05) is 20.8 Å². The summed E-state index contributed by atoms with van der Waals surface area (Å²) in [5, 5.41) is 24.1. The summed E-state index contributed by atoms with van der Waals surface area (Å²) in [5.74, 6) is 1.44. The van der Waals surface area contributed by atoms with Gasteiger partial charge in [0.25, 0.3) is 0 Å². The fourth-order valence-corrected chi connectivity index (χ4v) is 9.35. The minimum atomic E-state index is -4.33. The van der Waals surface area contributed by atoms with Crippen molar-refractivity contribution in [2.24, 2.45) is 46.3 Å². The first-order valence-electron chi connectivity index (χ1n) is 12.9. The Labute approximate surface area is 227 Å². The molecular formula is C25H42NNaO6S. The van der Waals surface area contributed by atoms with Gasteiger partial charge in [-0.3, -0.25) is 4.79 Å². The molecule has 4 fully saturated rings. The largest absolute Gasteiger partial charge is 1.00 e. The van der Waals surface area contributed by atoms with Crippen LogP contribution in [0.5, 0.6) is 0 Å². The van der Waals surface area contributed by atoms with Crippen LogP contribution in [0, 0.1) is 46.3 Å². The van der Waals surface area contributed by atoms with E-state index < -0.39 is 15.9 Å². The Morgan fingerprint density at radius 3 is 2.38 bits per heavy atom. The summed E-state index contributed by atoms with van der Waals surface area (Å²) in [5.41, 5.74) is 0.299. The van der Waals surface area contributed by atoms with Gasteiger partial charge < -0.3 is 20.1 Å². The van der Waals surface area contributed by atoms with Crippen LogP contribution in [0.15, 0.2) is 0 Å². The Morgan fingerprint density at radius 1 is 1.06 bits per heavy atom. The Bertz CT molecular complexity index is 854. The molecule has 0 aromatic carbocycles. The Balaban J connectivity index is 0.00000324. The molecule has 0 saturated heterocycles. The maximum absolute atomic E-state index is 12.4. The number of rotatable bonds is 6. The average molecular weight is 508 g/mol. The Kier molecular flexibility index (Phi) is 8.98. The molecule has 0 heterocycles. The van der Waals surface area contributed by atoms with E-state index in [0.29, 0.717) is 36.0 Å². The van der Waals surface area contributed by atoms with Crippen LogP contribution >= 0.6 is 0 Å². The number of hydrogen-bond donors (Lipinski definition) is 3. The van der Waals surface area contributed by atoms with Gasteiger partial charge in [0.15, 0.2) is 0 Å². The molecule has 9 heteroatoms. The van der Waals surface area contributed by atoms with Crippen LogP contribution in [0.4, 0.5) is 0 Å². The minimum absolute atomic E-state index is 0. The van der Waals surface area contributed by atoms with E-state index in [0.717, 1.165) is 51.4 Å². The van der Waals surface area contributed by atoms with E-state index in [9.17, 15) is 28.0 Å². The zero-order chi connectivity index (χ0) is 24.2. The van der Waals surface area contributed by atoms with Gasteiger partial charge in [-0.05, 0) is 97.7 Å². The number of aliphatic hydroxyl groups is 2. The van der Waals surface area contributed by atoms with Crippen molar-refractivity contribution in [3.63, 3.8) is 0 Å². The van der Waals surface area contributed by atoms with E-state index in [2.05, 4.69) is 26.1 Å². The van der Waals surface area contributed by atoms with E-state index in [4.69, 9.17) is 0 Å². The van der Waals surface area contributed by atoms with Crippen LogP contribution < -0.4 is 34.9 Å². The van der Waals surface area contributed by atoms with Crippen LogP contribution in [0.2, 0.25) is 0 Å². The zero-order valence-corrected chi connectivity index (χ0v) is 24.1. The molecule has 3 N–H and O–H groups in total. The molecule has 4 aliphatic carbocycles. The Morgan fingerprint density at radius 2 is 1.71 bits per heavy atom. The molecule has 0 aromatic rings. The SMILES string of the molecule is C[C@H](CC(=O)NCCS(=O)(=O)[O-])[C@H]1CC[C@H]2[C@@H]3[C@@H](O)C[C@@H]4C[C@H](O)CC[C@]4(C)[C@H]3CC[C@]12C.[Na+]. The van der Waals surface area contributed by atoms with Crippen LogP contribution in [0.25, 0.3) is 0 Å². The molecule has 0 aromatic heterocycles. The van der Waals surface area contributed by atoms with Crippen molar-refractivity contribution in [2.45, 2.75) is 90.8 Å². The molecule has 4 rings (SSSR count). The summed E-state index contributed by atoms with van der Waals surface area (Å²) in [4.78, 5) is 12.4. The summed E-state index contributed by atoms with van der Waals surface area (Å²) in [6.45, 7) is 6.77. The van der Waals surface area contributed by atoms with Crippen molar-refractivity contribution in [3.05, 3.63) is 0 Å². The van der Waals surface area contributed by atoms with Gasteiger partial charge in [0, 0.05) is 13.0 Å². The van der Waals surface area contributed by atoms with Crippen molar-refractivity contribution in [1.29, 1.82) is 0 Å². The third-order valence-electron chi connectivity index (χ3n) is 10.6. The maximum atomic E-state index is 12.4. The number of hydrogen-bond acceptors (Lipinski definition) is 6. The van der Waals surface area contributed by atoms with Crippen molar-refractivity contribution >= 4 is 16.0 Å². The normalized spacial score (nSPS) is 44.7. The Hall–Kier alpha value is 0.300. The van der Waals surface area contributed by atoms with Crippen molar-refractivity contribution in [2.75, 3.05) is 12.3 Å². The molecular weight excluding hydrogens is 465 g/mol. The number of carbonyl (C=O) groups is 1. The first kappa shape index (κ1) is 28.9. The van der Waals surface area contributed by atoms with Crippen LogP contribution in [-0.2, 0) is 14.9 Å². The number of aliphatic hydroxyl groups excluding tert-OH is 2. The molecule has 34 heavy (non-hydrogen) atoms. The summed E-state index contributed by atoms with van der Waals surface area (Å²) in [6.07, 6.45) is 7.70. The smallest absolute Gasteiger partial charge is 0.748 e. The van der Waals surface area contributed by atoms with Gasteiger partial charge in [0.05, 0.1) is 28.1 Å². The zero-order valence-electron chi connectivity index (χ0n) is 21.3. The molecule has 190 valence electrons. The third-order valence-corrected chi connectivity index (χ3v) is 11.3. The fourth-order valence-electron chi connectivity index (χ4n) is 9.00. The number of nitrogens with one attached hydrogen (secondary N) is 1. The quantitative estimate of drug-likeness (QED) is 0.334. The summed E-state index contributed by atoms with van der Waals surface area (Å²) in [6, 6.07) is 0. The number of amides is 1. The van der Waals surface area contributed by atoms with Crippen molar-refractivity contribution < 1.29 is 57.5 Å². The van der Waals surface area contributed by atoms with E-state index in [1.54, 1.807) is 0 Å². The van der Waals surface area contributed by atoms with Gasteiger partial charge in [-0.25, -0.2) is 8.42 Å². The minimum Gasteiger partial charge on any atom is -0.748 e. The molecule has 4 saturated carbocycles. The predicted octanol–water partition coefficient (Wildman–Crippen LogP) is -0.331. The number of fused-ring (bicyclic) bond motifs is 5. The molecule has 0 radical (unpaired) electrons. The van der Waals surface area contributed by atoms with Gasteiger partial charge in [0.2, 0.25) is 5.91 Å². The van der Waals surface area contributed by atoms with E-state index >= 15 is 0 Å². The second-order valence-corrected chi connectivity index (χ2v) is 13.8. The van der Waals surface area contributed by atoms with Crippen LogP contribution in [-0.4, -0.2) is 53.6 Å². The van der Waals surface area contributed by atoms with Crippen molar-refractivity contribution in [1.82, 2.24) is 5.32 Å². The maximum Gasteiger partial charge on any atom is 1.00 e. The van der Waals surface area contributed by atoms with Crippen LogP contribution in [0.1, 0.15) is 78.6 Å². The molecule has 4 aliphatic rings. The van der Waals surface area contributed by atoms with Gasteiger partial charge in [-0.15, -0.1) is 0 Å². The second-order valence-electron chi connectivity index (χ2n) is 12.2. The molecule has 0 unspecified atom stereocenters. The van der Waals surface area contributed by atoms with Crippen molar-refractivity contribution in [3.8, 4) is 0 Å². The molecule has 0 bridgehead atoms. The van der Waals surface area contributed by atoms with Gasteiger partial charge in [0.1, 0.15) is 0 Å². The van der Waals surface area contributed by atoms with E-state index in [-0.39, 0.29) is 71.0 Å². The summed E-state index contributed by atoms with van der Waals surface area (Å²) in [7, 11) is -4.33. The molecule has 1 amide bonds. The average Bonchev–Trinajstić information content (AvgIpc) is 3.05. The summed E-state index contributed by atoms with van der Waals surface area (Å²) >= 11 is 0. The fraction of sp³-hybridized carbons (Fsp3) is 0.960. The molecule has 0 aliphatic heterocycles. The van der Waals surface area contributed by atoms with E-state index in [1.807, 2.05) is 0 Å². The number of carbonyl (C=O) groups excluding carboxylic acids is 1. The molecule has 7 nitrogen and oxygen atoms in total. The monoisotopic (exact) mass is 507 g/mol. The molecule has 10 atom stereocenters. The first-order valence-corrected chi connectivity index (χ1v) is 14.5. The topological polar surface area (TPSA) is 127 Å². The third kappa shape index (κ3) is 5.44. The van der Waals surface area contributed by atoms with Gasteiger partial charge >= 0.3 is 29.6 Å². The predicted molar refractivity (Wildman–Crippen MR) is 124 cm³/mol. The first-order chi connectivity index (χ1) is 15.3. The van der Waals surface area contributed by atoms with E-state index in [1.165, 1.54) is 0 Å². The van der Waals surface area contributed by atoms with Gasteiger partial charge in [-0.2, -0.15) is 0 Å².